The van der Waals surface area contributed by atoms with Crippen LogP contribution in [0.2, 0.25) is 0 Å². The van der Waals surface area contributed by atoms with E-state index in [0.29, 0.717) is 6.54 Å². The maximum Gasteiger partial charge on any atom is 0.0465 e. The van der Waals surface area contributed by atoms with E-state index in [2.05, 4.69) is 59.6 Å². The summed E-state index contributed by atoms with van der Waals surface area (Å²) in [6.45, 7) is 13.8. The molecule has 1 aromatic carbocycles. The lowest BCUT2D eigenvalue weighted by Crippen LogP contribution is -2.48. The first-order chi connectivity index (χ1) is 7.72. The van der Waals surface area contributed by atoms with Crippen LogP contribution in [0.3, 0.4) is 0 Å². The van der Waals surface area contributed by atoms with Crippen molar-refractivity contribution in [3.05, 3.63) is 28.3 Å². The molecule has 0 amide bonds. The molecule has 0 fully saturated rings. The molecule has 0 heterocycles. The fourth-order valence-electron chi connectivity index (χ4n) is 2.14. The lowest BCUT2D eigenvalue weighted by Gasteiger charge is -2.39. The molecular formula is C15H26N2. The second-order valence-electron chi connectivity index (χ2n) is 5.68. The van der Waals surface area contributed by atoms with Crippen molar-refractivity contribution < 1.29 is 0 Å². The number of nitrogens with zero attached hydrogens (tertiary/aromatic N) is 1. The van der Waals surface area contributed by atoms with Gasteiger partial charge in [0, 0.05) is 24.8 Å². The standard InChI is InChI=1S/C15H26N2/c1-10-8-11(2)13(4)14(12(10)3)17(7)15(5,6)9-16/h8H,9,16H2,1-7H3. The predicted octanol–water partition coefficient (Wildman–Crippen LogP) is 3.09. The average Bonchev–Trinajstić information content (AvgIpc) is 2.26. The number of hydrogen-bond acceptors (Lipinski definition) is 2. The fraction of sp³-hybridized carbons (Fsp3) is 0.600. The first kappa shape index (κ1) is 14.0. The fourth-order valence-corrected chi connectivity index (χ4v) is 2.14. The van der Waals surface area contributed by atoms with Gasteiger partial charge >= 0.3 is 0 Å². The maximum atomic E-state index is 5.88. The lowest BCUT2D eigenvalue weighted by atomic mass is 9.94. The summed E-state index contributed by atoms with van der Waals surface area (Å²) in [5, 5.41) is 0. The molecule has 0 spiro atoms. The van der Waals surface area contributed by atoms with Gasteiger partial charge in [0.2, 0.25) is 0 Å². The van der Waals surface area contributed by atoms with E-state index < -0.39 is 0 Å². The number of benzene rings is 1. The van der Waals surface area contributed by atoms with Gasteiger partial charge in [-0.15, -0.1) is 0 Å². The molecule has 2 heteroatoms. The van der Waals surface area contributed by atoms with Gasteiger partial charge in [-0.3, -0.25) is 0 Å². The van der Waals surface area contributed by atoms with Gasteiger partial charge in [0.15, 0.2) is 0 Å². The van der Waals surface area contributed by atoms with Crippen LogP contribution in [-0.2, 0) is 0 Å². The molecule has 0 saturated heterocycles. The Bertz CT molecular complexity index is 393. The smallest absolute Gasteiger partial charge is 0.0465 e. The van der Waals surface area contributed by atoms with E-state index in [1.165, 1.54) is 27.9 Å². The van der Waals surface area contributed by atoms with Crippen LogP contribution in [0.1, 0.15) is 36.1 Å². The molecule has 17 heavy (non-hydrogen) atoms. The highest BCUT2D eigenvalue weighted by atomic mass is 15.2. The number of likely N-dealkylation sites (N-methyl/N-ethyl adjacent to an activating group) is 1. The molecule has 0 aliphatic rings. The first-order valence-electron chi connectivity index (χ1n) is 6.23. The summed E-state index contributed by atoms with van der Waals surface area (Å²) in [4.78, 5) is 2.32. The molecule has 2 N–H and O–H groups in total. The number of nitrogens with two attached hydrogens (primary N) is 1. The monoisotopic (exact) mass is 234 g/mol. The SMILES string of the molecule is Cc1cc(C)c(C)c(N(C)C(C)(C)CN)c1C. The zero-order chi connectivity index (χ0) is 13.4. The van der Waals surface area contributed by atoms with Gasteiger partial charge < -0.3 is 10.6 Å². The largest absolute Gasteiger partial charge is 0.368 e. The molecule has 0 bridgehead atoms. The Hall–Kier alpha value is -1.02. The summed E-state index contributed by atoms with van der Waals surface area (Å²) < 4.78 is 0. The van der Waals surface area contributed by atoms with Crippen molar-refractivity contribution in [3.8, 4) is 0 Å². The third kappa shape index (κ3) is 2.47. The highest BCUT2D eigenvalue weighted by Crippen LogP contribution is 2.32. The van der Waals surface area contributed by atoms with E-state index in [0.717, 1.165) is 0 Å². The molecule has 0 unspecified atom stereocenters. The van der Waals surface area contributed by atoms with Gasteiger partial charge in [-0.2, -0.15) is 0 Å². The van der Waals surface area contributed by atoms with Crippen molar-refractivity contribution >= 4 is 5.69 Å². The van der Waals surface area contributed by atoms with Crippen LogP contribution in [0.5, 0.6) is 0 Å². The predicted molar refractivity (Wildman–Crippen MR) is 76.9 cm³/mol. The highest BCUT2D eigenvalue weighted by Gasteiger charge is 2.25. The summed E-state index contributed by atoms with van der Waals surface area (Å²) in [6, 6.07) is 2.26. The molecule has 0 atom stereocenters. The zero-order valence-electron chi connectivity index (χ0n) is 12.3. The van der Waals surface area contributed by atoms with Gasteiger partial charge in [-0.1, -0.05) is 6.07 Å². The van der Waals surface area contributed by atoms with Crippen LogP contribution in [0, 0.1) is 27.7 Å². The lowest BCUT2D eigenvalue weighted by molar-refractivity contribution is 0.497. The molecule has 1 aromatic rings. The second kappa shape index (κ2) is 4.69. The van der Waals surface area contributed by atoms with Crippen molar-refractivity contribution in [3.63, 3.8) is 0 Å². The first-order valence-corrected chi connectivity index (χ1v) is 6.23. The Kier molecular flexibility index (Phi) is 3.88. The summed E-state index contributed by atoms with van der Waals surface area (Å²) in [7, 11) is 2.14. The molecule has 0 saturated carbocycles. The van der Waals surface area contributed by atoms with E-state index in [4.69, 9.17) is 5.73 Å². The van der Waals surface area contributed by atoms with E-state index in [1.807, 2.05) is 0 Å². The van der Waals surface area contributed by atoms with Crippen molar-refractivity contribution in [1.29, 1.82) is 0 Å². The van der Waals surface area contributed by atoms with Crippen LogP contribution in [0.4, 0.5) is 5.69 Å². The summed E-state index contributed by atoms with van der Waals surface area (Å²) in [5.41, 5.74) is 12.6. The van der Waals surface area contributed by atoms with Crippen LogP contribution >= 0.6 is 0 Å². The average molecular weight is 234 g/mol. The molecular weight excluding hydrogens is 208 g/mol. The van der Waals surface area contributed by atoms with Gasteiger partial charge in [0.25, 0.3) is 0 Å². The van der Waals surface area contributed by atoms with Crippen LogP contribution in [-0.4, -0.2) is 19.1 Å². The number of anilines is 1. The van der Waals surface area contributed by atoms with E-state index in [-0.39, 0.29) is 5.54 Å². The van der Waals surface area contributed by atoms with Crippen molar-refractivity contribution in [2.75, 3.05) is 18.5 Å². The molecule has 2 nitrogen and oxygen atoms in total. The highest BCUT2D eigenvalue weighted by molar-refractivity contribution is 5.64. The van der Waals surface area contributed by atoms with Crippen LogP contribution in [0.25, 0.3) is 0 Å². The van der Waals surface area contributed by atoms with Gasteiger partial charge in [0.1, 0.15) is 0 Å². The summed E-state index contributed by atoms with van der Waals surface area (Å²) in [6.07, 6.45) is 0. The Morgan fingerprint density at radius 1 is 1.06 bits per heavy atom. The molecule has 1 rings (SSSR count). The topological polar surface area (TPSA) is 29.3 Å². The van der Waals surface area contributed by atoms with Gasteiger partial charge in [-0.25, -0.2) is 0 Å². The van der Waals surface area contributed by atoms with Gasteiger partial charge in [-0.05, 0) is 63.8 Å². The van der Waals surface area contributed by atoms with Crippen molar-refractivity contribution in [2.45, 2.75) is 47.1 Å². The summed E-state index contributed by atoms with van der Waals surface area (Å²) in [5.74, 6) is 0. The van der Waals surface area contributed by atoms with Gasteiger partial charge in [0.05, 0.1) is 0 Å². The molecule has 0 radical (unpaired) electrons. The third-order valence-corrected chi connectivity index (χ3v) is 4.07. The minimum Gasteiger partial charge on any atom is -0.368 e. The molecule has 0 aromatic heterocycles. The molecule has 0 aliphatic heterocycles. The van der Waals surface area contributed by atoms with Crippen molar-refractivity contribution in [2.24, 2.45) is 5.73 Å². The second-order valence-corrected chi connectivity index (χ2v) is 5.68. The van der Waals surface area contributed by atoms with Crippen molar-refractivity contribution in [1.82, 2.24) is 0 Å². The minimum atomic E-state index is -0.0181. The number of aryl methyl sites for hydroxylation is 2. The van der Waals surface area contributed by atoms with Crippen LogP contribution < -0.4 is 10.6 Å². The summed E-state index contributed by atoms with van der Waals surface area (Å²) >= 11 is 0. The molecule has 96 valence electrons. The minimum absolute atomic E-state index is 0.0181. The normalized spacial score (nSPS) is 11.8. The Labute approximate surface area is 106 Å². The number of hydrogen-bond donors (Lipinski definition) is 1. The Morgan fingerprint density at radius 3 is 1.82 bits per heavy atom. The maximum absolute atomic E-state index is 5.88. The Morgan fingerprint density at radius 2 is 1.47 bits per heavy atom. The van der Waals surface area contributed by atoms with E-state index >= 15 is 0 Å². The Balaban J connectivity index is 3.41. The van der Waals surface area contributed by atoms with Crippen LogP contribution in [0.15, 0.2) is 6.07 Å². The quantitative estimate of drug-likeness (QED) is 0.871. The van der Waals surface area contributed by atoms with E-state index in [9.17, 15) is 0 Å². The number of rotatable bonds is 3. The third-order valence-electron chi connectivity index (χ3n) is 4.07. The zero-order valence-corrected chi connectivity index (χ0v) is 12.3. The van der Waals surface area contributed by atoms with E-state index in [1.54, 1.807) is 0 Å². The molecule has 0 aliphatic carbocycles.